The summed E-state index contributed by atoms with van der Waals surface area (Å²) in [6.45, 7) is 3.02. The van der Waals surface area contributed by atoms with Crippen LogP contribution in [0, 0.1) is 6.92 Å². The van der Waals surface area contributed by atoms with Crippen molar-refractivity contribution >= 4 is 23.2 Å². The Morgan fingerprint density at radius 3 is 2.46 bits per heavy atom. The molecule has 1 aromatic carbocycles. The second-order valence-corrected chi connectivity index (χ2v) is 10.1. The molecule has 1 amide bonds. The zero-order chi connectivity index (χ0) is 24.9. The average molecular weight is 495 g/mol. The lowest BCUT2D eigenvalue weighted by atomic mass is 9.89. The molecule has 0 atom stereocenters. The minimum Gasteiger partial charge on any atom is -0.371 e. The fourth-order valence-electron chi connectivity index (χ4n) is 5.02. The zero-order valence-corrected chi connectivity index (χ0v) is 21.8. The SMILES string of the molecule is Cc1c(C(=O)NCc2nccn2Cc2ccncc2)cc(Cl)cc1N(C)C1CCC(N(C)C)CC1. The van der Waals surface area contributed by atoms with E-state index in [1.165, 1.54) is 12.8 Å². The molecule has 1 aliphatic carbocycles. The highest BCUT2D eigenvalue weighted by Crippen LogP contribution is 2.33. The van der Waals surface area contributed by atoms with Gasteiger partial charge in [0.2, 0.25) is 0 Å². The van der Waals surface area contributed by atoms with Crippen molar-refractivity contribution in [2.75, 3.05) is 26.0 Å². The molecule has 35 heavy (non-hydrogen) atoms. The van der Waals surface area contributed by atoms with Crippen molar-refractivity contribution in [2.24, 2.45) is 0 Å². The van der Waals surface area contributed by atoms with Gasteiger partial charge in [-0.15, -0.1) is 0 Å². The number of carbonyl (C=O) groups excluding carboxylic acids is 1. The van der Waals surface area contributed by atoms with Crippen LogP contribution in [0.2, 0.25) is 5.02 Å². The minimum absolute atomic E-state index is 0.144. The van der Waals surface area contributed by atoms with E-state index in [1.54, 1.807) is 24.7 Å². The molecular formula is C27H35ClN6O. The Labute approximate surface area is 213 Å². The number of carbonyl (C=O) groups is 1. The number of nitrogens with one attached hydrogen (secondary N) is 1. The van der Waals surface area contributed by atoms with Crippen LogP contribution in [-0.4, -0.2) is 58.6 Å². The molecule has 3 aromatic rings. The summed E-state index contributed by atoms with van der Waals surface area (Å²) in [5.74, 6) is 0.652. The number of imidazole rings is 1. The Bertz CT molecular complexity index is 1140. The Morgan fingerprint density at radius 2 is 1.77 bits per heavy atom. The van der Waals surface area contributed by atoms with E-state index in [-0.39, 0.29) is 5.91 Å². The number of pyridine rings is 1. The highest BCUT2D eigenvalue weighted by molar-refractivity contribution is 6.31. The van der Waals surface area contributed by atoms with Crippen molar-refractivity contribution in [3.8, 4) is 0 Å². The Balaban J connectivity index is 1.44. The van der Waals surface area contributed by atoms with Crippen LogP contribution in [-0.2, 0) is 13.1 Å². The molecule has 4 rings (SSSR count). The number of rotatable bonds is 8. The number of halogens is 1. The standard InChI is InChI=1S/C27H35ClN6O/c1-19-24(15-21(28)16-25(19)33(4)23-7-5-22(6-8-23)32(2)3)27(35)31-17-26-30-13-14-34(26)18-20-9-11-29-12-10-20/h9-16,22-23H,5-8,17-18H2,1-4H3,(H,31,35). The third-order valence-electron chi connectivity index (χ3n) is 7.22. The highest BCUT2D eigenvalue weighted by Gasteiger charge is 2.27. The third kappa shape index (κ3) is 6.03. The van der Waals surface area contributed by atoms with Crippen LogP contribution >= 0.6 is 11.6 Å². The van der Waals surface area contributed by atoms with Gasteiger partial charge in [-0.3, -0.25) is 9.78 Å². The maximum Gasteiger partial charge on any atom is 0.252 e. The van der Waals surface area contributed by atoms with Gasteiger partial charge in [-0.2, -0.15) is 0 Å². The zero-order valence-electron chi connectivity index (χ0n) is 21.0. The van der Waals surface area contributed by atoms with Crippen LogP contribution in [0.25, 0.3) is 0 Å². The summed E-state index contributed by atoms with van der Waals surface area (Å²) in [7, 11) is 6.44. The Kier molecular flexibility index (Phi) is 8.08. The fourth-order valence-corrected chi connectivity index (χ4v) is 5.23. The van der Waals surface area contributed by atoms with Crippen molar-refractivity contribution in [3.05, 3.63) is 76.6 Å². The summed E-state index contributed by atoms with van der Waals surface area (Å²) in [6, 6.07) is 8.78. The molecule has 1 saturated carbocycles. The topological polar surface area (TPSA) is 66.3 Å². The molecule has 0 spiro atoms. The maximum atomic E-state index is 13.2. The number of amides is 1. The van der Waals surface area contributed by atoms with Gasteiger partial charge in [-0.05, 0) is 82.1 Å². The van der Waals surface area contributed by atoms with Gasteiger partial charge in [0.05, 0.1) is 6.54 Å². The summed E-state index contributed by atoms with van der Waals surface area (Å²) in [6.07, 6.45) is 11.9. The van der Waals surface area contributed by atoms with E-state index < -0.39 is 0 Å². The van der Waals surface area contributed by atoms with Crippen LogP contribution in [0.3, 0.4) is 0 Å². The van der Waals surface area contributed by atoms with Gasteiger partial charge in [-0.25, -0.2) is 4.98 Å². The molecule has 1 N–H and O–H groups in total. The van der Waals surface area contributed by atoms with Crippen molar-refractivity contribution < 1.29 is 4.79 Å². The fraction of sp³-hybridized carbons (Fsp3) is 0.444. The first-order chi connectivity index (χ1) is 16.8. The van der Waals surface area contributed by atoms with E-state index >= 15 is 0 Å². The monoisotopic (exact) mass is 494 g/mol. The Morgan fingerprint density at radius 1 is 1.09 bits per heavy atom. The molecule has 0 radical (unpaired) electrons. The lowest BCUT2D eigenvalue weighted by molar-refractivity contribution is 0.0949. The first-order valence-electron chi connectivity index (χ1n) is 12.2. The molecule has 186 valence electrons. The number of hydrogen-bond donors (Lipinski definition) is 1. The molecule has 2 heterocycles. The quantitative estimate of drug-likeness (QED) is 0.498. The molecule has 1 aliphatic rings. The molecular weight excluding hydrogens is 460 g/mol. The summed E-state index contributed by atoms with van der Waals surface area (Å²) in [5, 5.41) is 3.62. The second-order valence-electron chi connectivity index (χ2n) is 9.64. The average Bonchev–Trinajstić information content (AvgIpc) is 3.30. The van der Waals surface area contributed by atoms with Crippen molar-refractivity contribution in [1.82, 2.24) is 24.8 Å². The molecule has 2 aromatic heterocycles. The van der Waals surface area contributed by atoms with E-state index in [1.807, 2.05) is 35.9 Å². The smallest absolute Gasteiger partial charge is 0.252 e. The highest BCUT2D eigenvalue weighted by atomic mass is 35.5. The predicted molar refractivity (Wildman–Crippen MR) is 141 cm³/mol. The van der Waals surface area contributed by atoms with E-state index in [4.69, 9.17) is 11.6 Å². The van der Waals surface area contributed by atoms with Crippen LogP contribution in [0.5, 0.6) is 0 Å². The number of nitrogens with zero attached hydrogens (tertiary/aromatic N) is 5. The van der Waals surface area contributed by atoms with Gasteiger partial charge in [0.1, 0.15) is 5.82 Å². The summed E-state index contributed by atoms with van der Waals surface area (Å²) < 4.78 is 2.03. The predicted octanol–water partition coefficient (Wildman–Crippen LogP) is 4.53. The van der Waals surface area contributed by atoms with E-state index in [9.17, 15) is 4.79 Å². The second kappa shape index (κ2) is 11.2. The lowest BCUT2D eigenvalue weighted by Crippen LogP contribution is -2.40. The number of anilines is 1. The third-order valence-corrected chi connectivity index (χ3v) is 7.44. The first-order valence-corrected chi connectivity index (χ1v) is 12.6. The molecule has 8 heteroatoms. The van der Waals surface area contributed by atoms with Crippen LogP contribution in [0.4, 0.5) is 5.69 Å². The van der Waals surface area contributed by atoms with Gasteiger partial charge in [0.15, 0.2) is 0 Å². The first kappa shape index (κ1) is 25.2. The van der Waals surface area contributed by atoms with E-state index in [0.29, 0.717) is 35.8 Å². The molecule has 0 unspecified atom stereocenters. The van der Waals surface area contributed by atoms with Gasteiger partial charge >= 0.3 is 0 Å². The van der Waals surface area contributed by atoms with E-state index in [2.05, 4.69) is 46.2 Å². The van der Waals surface area contributed by atoms with E-state index in [0.717, 1.165) is 35.5 Å². The molecule has 1 fully saturated rings. The maximum absolute atomic E-state index is 13.2. The van der Waals surface area contributed by atoms with Gasteiger partial charge in [0, 0.05) is 66.7 Å². The summed E-state index contributed by atoms with van der Waals surface area (Å²) in [4.78, 5) is 26.4. The lowest BCUT2D eigenvalue weighted by Gasteiger charge is -2.38. The molecule has 0 saturated heterocycles. The van der Waals surface area contributed by atoms with Crippen LogP contribution < -0.4 is 10.2 Å². The minimum atomic E-state index is -0.144. The molecule has 0 bridgehead atoms. The number of hydrogen-bond acceptors (Lipinski definition) is 5. The Hall–Kier alpha value is -2.90. The van der Waals surface area contributed by atoms with Crippen molar-refractivity contribution in [3.63, 3.8) is 0 Å². The largest absolute Gasteiger partial charge is 0.371 e. The molecule has 0 aliphatic heterocycles. The summed E-state index contributed by atoms with van der Waals surface area (Å²) in [5.41, 5.74) is 3.71. The van der Waals surface area contributed by atoms with Crippen LogP contribution in [0.1, 0.15) is 53.0 Å². The normalized spacial score (nSPS) is 18.0. The number of benzene rings is 1. The van der Waals surface area contributed by atoms with Crippen molar-refractivity contribution in [2.45, 2.75) is 57.8 Å². The number of aromatic nitrogens is 3. The van der Waals surface area contributed by atoms with Gasteiger partial charge < -0.3 is 19.7 Å². The van der Waals surface area contributed by atoms with Crippen LogP contribution in [0.15, 0.2) is 49.1 Å². The molecule has 7 nitrogen and oxygen atoms in total. The summed E-state index contributed by atoms with van der Waals surface area (Å²) >= 11 is 6.49. The van der Waals surface area contributed by atoms with Gasteiger partial charge in [-0.1, -0.05) is 11.6 Å². The van der Waals surface area contributed by atoms with Crippen molar-refractivity contribution in [1.29, 1.82) is 0 Å². The van der Waals surface area contributed by atoms with Gasteiger partial charge in [0.25, 0.3) is 5.91 Å².